The average Bonchev–Trinajstić information content (AvgIpc) is 3.02. The van der Waals surface area contributed by atoms with Crippen LogP contribution in [0.25, 0.3) is 11.1 Å². The van der Waals surface area contributed by atoms with Crippen molar-refractivity contribution in [3.05, 3.63) is 48.0 Å². The number of nitrogens with zero attached hydrogens (tertiary/aromatic N) is 4. The van der Waals surface area contributed by atoms with Crippen LogP contribution in [0.15, 0.2) is 41.2 Å². The number of nitrogens with two attached hydrogens (primary N) is 1. The third-order valence-electron chi connectivity index (χ3n) is 4.52. The number of aromatic nitrogens is 4. The van der Waals surface area contributed by atoms with Gasteiger partial charge in [0.25, 0.3) is 0 Å². The van der Waals surface area contributed by atoms with Gasteiger partial charge in [-0.1, -0.05) is 43.3 Å². The van der Waals surface area contributed by atoms with Gasteiger partial charge in [-0.3, -0.25) is 4.52 Å². The van der Waals surface area contributed by atoms with Crippen molar-refractivity contribution in [1.82, 2.24) is 20.1 Å². The van der Waals surface area contributed by atoms with Crippen molar-refractivity contribution >= 4 is 5.95 Å². The molecule has 7 heteroatoms. The highest BCUT2D eigenvalue weighted by molar-refractivity contribution is 5.62. The van der Waals surface area contributed by atoms with E-state index in [1.165, 1.54) is 0 Å². The van der Waals surface area contributed by atoms with Crippen molar-refractivity contribution in [3.8, 4) is 17.2 Å². The zero-order valence-electron chi connectivity index (χ0n) is 13.8. The minimum atomic E-state index is -0.485. The minimum absolute atomic E-state index is 0.195. The van der Waals surface area contributed by atoms with Crippen molar-refractivity contribution in [2.45, 2.75) is 26.2 Å². The molecule has 3 rings (SSSR count). The number of rotatable bonds is 4. The standard InChI is InChI=1S/C17H19N5O2/c1-10(2)17(3,14-21-16(23)24-22-14)13-6-4-11(5-7-13)12-8-19-15(18)20-9-12/h4-10H,1-3H3,(H2,18,19,20)(H,21,22,23). The van der Waals surface area contributed by atoms with Gasteiger partial charge < -0.3 is 10.8 Å². The van der Waals surface area contributed by atoms with Gasteiger partial charge in [0.2, 0.25) is 5.95 Å². The summed E-state index contributed by atoms with van der Waals surface area (Å²) in [6.07, 6.45) is 2.96. The summed E-state index contributed by atoms with van der Waals surface area (Å²) in [5.41, 5.74) is 7.94. The molecule has 0 aliphatic rings. The highest BCUT2D eigenvalue weighted by Gasteiger charge is 2.37. The molecule has 0 aliphatic carbocycles. The van der Waals surface area contributed by atoms with Crippen LogP contribution in [0.1, 0.15) is 32.2 Å². The second kappa shape index (κ2) is 5.92. The Kier molecular flexibility index (Phi) is 3.92. The summed E-state index contributed by atoms with van der Waals surface area (Å²) in [6, 6.07) is 8.01. The van der Waals surface area contributed by atoms with Gasteiger partial charge in [-0.05, 0) is 24.0 Å². The second-order valence-corrected chi connectivity index (χ2v) is 6.16. The van der Waals surface area contributed by atoms with Crippen molar-refractivity contribution in [2.24, 2.45) is 5.92 Å². The van der Waals surface area contributed by atoms with Gasteiger partial charge in [0.1, 0.15) is 0 Å². The normalized spacial score (nSPS) is 13.8. The maximum absolute atomic E-state index is 9.40. The Morgan fingerprint density at radius 2 is 1.71 bits per heavy atom. The van der Waals surface area contributed by atoms with Crippen molar-refractivity contribution in [2.75, 3.05) is 5.73 Å². The molecule has 3 aromatic rings. The Morgan fingerprint density at radius 3 is 2.21 bits per heavy atom. The first-order valence-corrected chi connectivity index (χ1v) is 7.63. The molecule has 0 fully saturated rings. The third kappa shape index (κ3) is 2.68. The van der Waals surface area contributed by atoms with E-state index in [1.54, 1.807) is 12.4 Å². The molecule has 24 heavy (non-hydrogen) atoms. The van der Waals surface area contributed by atoms with Gasteiger partial charge in [-0.15, -0.1) is 0 Å². The predicted molar refractivity (Wildman–Crippen MR) is 89.1 cm³/mol. The number of benzene rings is 1. The van der Waals surface area contributed by atoms with E-state index in [9.17, 15) is 5.11 Å². The maximum Gasteiger partial charge on any atom is 0.414 e. The van der Waals surface area contributed by atoms with E-state index in [0.717, 1.165) is 16.7 Å². The van der Waals surface area contributed by atoms with Crippen molar-refractivity contribution in [1.29, 1.82) is 0 Å². The molecule has 1 aromatic carbocycles. The highest BCUT2D eigenvalue weighted by atomic mass is 16.6. The topological polar surface area (TPSA) is 111 Å². The van der Waals surface area contributed by atoms with Gasteiger partial charge in [0.15, 0.2) is 5.82 Å². The Morgan fingerprint density at radius 1 is 1.08 bits per heavy atom. The Bertz CT molecular complexity index is 827. The van der Waals surface area contributed by atoms with Crippen LogP contribution in [0.3, 0.4) is 0 Å². The third-order valence-corrected chi connectivity index (χ3v) is 4.52. The van der Waals surface area contributed by atoms with Gasteiger partial charge in [-0.2, -0.15) is 4.98 Å². The van der Waals surface area contributed by atoms with Crippen LogP contribution in [0, 0.1) is 5.92 Å². The van der Waals surface area contributed by atoms with Crippen LogP contribution in [0.4, 0.5) is 5.95 Å². The molecule has 1 atom stereocenters. The molecular weight excluding hydrogens is 306 g/mol. The molecule has 0 saturated heterocycles. The number of aromatic hydroxyl groups is 1. The Balaban J connectivity index is 2.00. The summed E-state index contributed by atoms with van der Waals surface area (Å²) in [5.74, 6) is 0.901. The van der Waals surface area contributed by atoms with E-state index < -0.39 is 11.5 Å². The van der Waals surface area contributed by atoms with Gasteiger partial charge in [0.05, 0.1) is 5.41 Å². The van der Waals surface area contributed by atoms with Crippen LogP contribution in [0.5, 0.6) is 6.08 Å². The number of hydrogen-bond acceptors (Lipinski definition) is 7. The smallest absolute Gasteiger partial charge is 0.414 e. The molecule has 0 saturated carbocycles. The molecule has 0 radical (unpaired) electrons. The summed E-state index contributed by atoms with van der Waals surface area (Å²) in [7, 11) is 0. The first-order chi connectivity index (χ1) is 11.4. The quantitative estimate of drug-likeness (QED) is 0.758. The van der Waals surface area contributed by atoms with E-state index in [2.05, 4.69) is 34.0 Å². The lowest BCUT2D eigenvalue weighted by Crippen LogP contribution is -2.31. The molecule has 0 amide bonds. The summed E-state index contributed by atoms with van der Waals surface area (Å²) in [4.78, 5) is 12.0. The number of anilines is 1. The van der Waals surface area contributed by atoms with Crippen LogP contribution in [-0.2, 0) is 5.41 Å². The van der Waals surface area contributed by atoms with Gasteiger partial charge in [0, 0.05) is 18.0 Å². The lowest BCUT2D eigenvalue weighted by molar-refractivity contribution is 0.263. The van der Waals surface area contributed by atoms with Gasteiger partial charge >= 0.3 is 6.08 Å². The lowest BCUT2D eigenvalue weighted by atomic mass is 9.72. The molecule has 2 aromatic heterocycles. The molecular formula is C17H19N5O2. The monoisotopic (exact) mass is 325 g/mol. The van der Waals surface area contributed by atoms with Crippen LogP contribution >= 0.6 is 0 Å². The van der Waals surface area contributed by atoms with Crippen LogP contribution in [-0.4, -0.2) is 25.2 Å². The summed E-state index contributed by atoms with van der Waals surface area (Å²) in [6.45, 7) is 6.19. The molecule has 124 valence electrons. The zero-order chi connectivity index (χ0) is 17.3. The van der Waals surface area contributed by atoms with Crippen molar-refractivity contribution in [3.63, 3.8) is 0 Å². The first-order valence-electron chi connectivity index (χ1n) is 7.63. The fourth-order valence-corrected chi connectivity index (χ4v) is 2.64. The van der Waals surface area contributed by atoms with Crippen molar-refractivity contribution < 1.29 is 9.63 Å². The van der Waals surface area contributed by atoms with E-state index in [1.807, 2.05) is 31.2 Å². The Labute approximate surface area is 139 Å². The lowest BCUT2D eigenvalue weighted by Gasteiger charge is -2.31. The molecule has 3 N–H and O–H groups in total. The highest BCUT2D eigenvalue weighted by Crippen LogP contribution is 2.38. The fraction of sp³-hybridized carbons (Fsp3) is 0.294. The number of hydrogen-bond donors (Lipinski definition) is 2. The largest absolute Gasteiger partial charge is 0.464 e. The van der Waals surface area contributed by atoms with E-state index in [4.69, 9.17) is 10.3 Å². The number of nitrogen functional groups attached to an aromatic ring is 1. The average molecular weight is 325 g/mol. The van der Waals surface area contributed by atoms with Crippen LogP contribution in [0.2, 0.25) is 0 Å². The first kappa shape index (κ1) is 15.9. The zero-order valence-corrected chi connectivity index (χ0v) is 13.8. The van der Waals surface area contributed by atoms with E-state index in [-0.39, 0.29) is 11.9 Å². The minimum Gasteiger partial charge on any atom is -0.464 e. The SMILES string of the molecule is CC(C)C(C)(c1ccc(-c2cnc(N)nc2)cc1)c1noc(O)n1. The van der Waals surface area contributed by atoms with Gasteiger partial charge in [-0.25, -0.2) is 9.97 Å². The molecule has 1 unspecified atom stereocenters. The molecule has 7 nitrogen and oxygen atoms in total. The molecule has 0 spiro atoms. The van der Waals surface area contributed by atoms with Crippen LogP contribution < -0.4 is 5.73 Å². The molecule has 2 heterocycles. The predicted octanol–water partition coefficient (Wildman–Crippen LogP) is 2.78. The second-order valence-electron chi connectivity index (χ2n) is 6.16. The maximum atomic E-state index is 9.40. The summed E-state index contributed by atoms with van der Waals surface area (Å²) in [5, 5.41) is 13.3. The summed E-state index contributed by atoms with van der Waals surface area (Å²) >= 11 is 0. The van der Waals surface area contributed by atoms with E-state index >= 15 is 0 Å². The Hall–Kier alpha value is -2.96. The van der Waals surface area contributed by atoms with E-state index in [0.29, 0.717) is 5.82 Å². The summed E-state index contributed by atoms with van der Waals surface area (Å²) < 4.78 is 4.75. The fourth-order valence-electron chi connectivity index (χ4n) is 2.64. The molecule has 0 bridgehead atoms. The molecule has 0 aliphatic heterocycles.